The first kappa shape index (κ1) is 16.4. The van der Waals surface area contributed by atoms with Crippen LogP contribution in [0.4, 0.5) is 0 Å². The lowest BCUT2D eigenvalue weighted by Gasteiger charge is -2.18. The number of fused-ring (bicyclic) bond motifs is 1. The first-order valence-electron chi connectivity index (χ1n) is 7.58. The first-order chi connectivity index (χ1) is 11.4. The Morgan fingerprint density at radius 3 is 2.71 bits per heavy atom. The summed E-state index contributed by atoms with van der Waals surface area (Å²) in [4.78, 5) is 24.7. The molecule has 0 saturated heterocycles. The van der Waals surface area contributed by atoms with Crippen molar-refractivity contribution in [3.05, 3.63) is 52.1 Å². The number of terminal acetylenes is 1. The summed E-state index contributed by atoms with van der Waals surface area (Å²) in [5.74, 6) is 2.41. The number of benzene rings is 2. The number of rotatable bonds is 2. The maximum Gasteiger partial charge on any atom is 0.336 e. The smallest absolute Gasteiger partial charge is 0.336 e. The molecule has 3 nitrogen and oxygen atoms in total. The third kappa shape index (κ3) is 2.61. The molecule has 0 aliphatic carbocycles. The highest BCUT2D eigenvalue weighted by molar-refractivity contribution is 7.99. The summed E-state index contributed by atoms with van der Waals surface area (Å²) in [7, 11) is 0. The van der Waals surface area contributed by atoms with Gasteiger partial charge in [-0.2, -0.15) is 0 Å². The molecule has 1 aliphatic rings. The highest BCUT2D eigenvalue weighted by Crippen LogP contribution is 2.37. The van der Waals surface area contributed by atoms with E-state index >= 15 is 0 Å². The van der Waals surface area contributed by atoms with Crippen molar-refractivity contribution in [3.63, 3.8) is 0 Å². The Labute approximate surface area is 145 Å². The van der Waals surface area contributed by atoms with Crippen molar-refractivity contribution in [2.75, 3.05) is 5.75 Å². The summed E-state index contributed by atoms with van der Waals surface area (Å²) in [6, 6.07) is 7.29. The molecule has 0 bridgehead atoms. The van der Waals surface area contributed by atoms with Crippen LogP contribution < -0.4 is 0 Å². The standard InChI is InChI=1S/C20H16O3S/c1-4-14-15(20(22)23)9-11(2)12(3)19(14)13-5-6-18-16(10-13)17(21)7-8-24-18/h1,5-6,9-10H,7-8H2,2-3H3,(H,22,23). The van der Waals surface area contributed by atoms with E-state index in [0.717, 1.165) is 32.9 Å². The summed E-state index contributed by atoms with van der Waals surface area (Å²) in [6.07, 6.45) is 6.15. The van der Waals surface area contributed by atoms with E-state index in [9.17, 15) is 14.7 Å². The molecule has 0 spiro atoms. The minimum Gasteiger partial charge on any atom is -0.478 e. The molecule has 120 valence electrons. The van der Waals surface area contributed by atoms with E-state index in [1.54, 1.807) is 17.8 Å². The molecular weight excluding hydrogens is 320 g/mol. The number of ketones is 1. The van der Waals surface area contributed by atoms with Crippen LogP contribution in [0.2, 0.25) is 0 Å². The van der Waals surface area contributed by atoms with Gasteiger partial charge in [0.05, 0.1) is 5.56 Å². The molecule has 2 aromatic rings. The van der Waals surface area contributed by atoms with Crippen molar-refractivity contribution in [1.29, 1.82) is 0 Å². The summed E-state index contributed by atoms with van der Waals surface area (Å²) in [5, 5.41) is 9.46. The molecule has 24 heavy (non-hydrogen) atoms. The largest absolute Gasteiger partial charge is 0.478 e. The fourth-order valence-corrected chi connectivity index (χ4v) is 4.01. The molecular formula is C20H16O3S. The second kappa shape index (κ2) is 6.18. The van der Waals surface area contributed by atoms with Gasteiger partial charge < -0.3 is 5.11 Å². The maximum atomic E-state index is 12.2. The molecule has 4 heteroatoms. The zero-order valence-corrected chi connectivity index (χ0v) is 14.3. The lowest BCUT2D eigenvalue weighted by atomic mass is 9.87. The Morgan fingerprint density at radius 2 is 2.04 bits per heavy atom. The van der Waals surface area contributed by atoms with E-state index in [4.69, 9.17) is 6.42 Å². The van der Waals surface area contributed by atoms with Crippen LogP contribution in [0.15, 0.2) is 29.2 Å². The minimum atomic E-state index is -1.04. The quantitative estimate of drug-likeness (QED) is 0.830. The monoisotopic (exact) mass is 336 g/mol. The third-order valence-corrected chi connectivity index (χ3v) is 5.45. The van der Waals surface area contributed by atoms with Gasteiger partial charge in [0.15, 0.2) is 5.78 Å². The second-order valence-corrected chi connectivity index (χ2v) is 6.93. The van der Waals surface area contributed by atoms with Crippen LogP contribution >= 0.6 is 11.8 Å². The zero-order valence-electron chi connectivity index (χ0n) is 13.5. The van der Waals surface area contributed by atoms with Gasteiger partial charge >= 0.3 is 5.97 Å². The number of thioether (sulfide) groups is 1. The predicted octanol–water partition coefficient (Wildman–Crippen LogP) is 4.33. The normalized spacial score (nSPS) is 13.3. The molecule has 1 aliphatic heterocycles. The molecule has 0 unspecified atom stereocenters. The zero-order chi connectivity index (χ0) is 17.4. The van der Waals surface area contributed by atoms with Crippen molar-refractivity contribution in [1.82, 2.24) is 0 Å². The topological polar surface area (TPSA) is 54.4 Å². The number of carbonyl (C=O) groups excluding carboxylic acids is 1. The second-order valence-electron chi connectivity index (χ2n) is 5.80. The molecule has 0 atom stereocenters. The van der Waals surface area contributed by atoms with Gasteiger partial charge in [0.25, 0.3) is 0 Å². The number of carboxylic acid groups (broad SMARTS) is 1. The van der Waals surface area contributed by atoms with E-state index < -0.39 is 5.97 Å². The first-order valence-corrected chi connectivity index (χ1v) is 8.57. The van der Waals surface area contributed by atoms with Crippen LogP contribution in [0.1, 0.15) is 43.8 Å². The summed E-state index contributed by atoms with van der Waals surface area (Å²) >= 11 is 1.67. The molecule has 3 rings (SSSR count). The molecule has 0 radical (unpaired) electrons. The van der Waals surface area contributed by atoms with Gasteiger partial charge in [0.2, 0.25) is 0 Å². The van der Waals surface area contributed by atoms with Crippen molar-refractivity contribution < 1.29 is 14.7 Å². The van der Waals surface area contributed by atoms with Crippen molar-refractivity contribution in [2.24, 2.45) is 0 Å². The predicted molar refractivity (Wildman–Crippen MR) is 95.9 cm³/mol. The Kier molecular flexibility index (Phi) is 4.21. The van der Waals surface area contributed by atoms with Crippen LogP contribution in [0.25, 0.3) is 11.1 Å². The van der Waals surface area contributed by atoms with Gasteiger partial charge in [-0.1, -0.05) is 12.0 Å². The van der Waals surface area contributed by atoms with E-state index in [1.165, 1.54) is 0 Å². The van der Waals surface area contributed by atoms with Gasteiger partial charge in [0, 0.05) is 33.8 Å². The molecule has 0 amide bonds. The van der Waals surface area contributed by atoms with E-state index in [-0.39, 0.29) is 11.3 Å². The number of hydrogen-bond donors (Lipinski definition) is 1. The Morgan fingerprint density at radius 1 is 1.29 bits per heavy atom. The van der Waals surface area contributed by atoms with Gasteiger partial charge in [-0.15, -0.1) is 18.2 Å². The minimum absolute atomic E-state index is 0.119. The molecule has 0 fully saturated rings. The average Bonchev–Trinajstić information content (AvgIpc) is 2.56. The number of carbonyl (C=O) groups is 2. The van der Waals surface area contributed by atoms with Crippen LogP contribution in [0, 0.1) is 26.2 Å². The van der Waals surface area contributed by atoms with E-state index in [0.29, 0.717) is 17.5 Å². The molecule has 1 N–H and O–H groups in total. The molecule has 2 aromatic carbocycles. The van der Waals surface area contributed by atoms with Crippen LogP contribution in [0.3, 0.4) is 0 Å². The Balaban J connectivity index is 2.31. The fourth-order valence-electron chi connectivity index (χ4n) is 3.01. The number of Topliss-reactive ketones (excluding diaryl/α,β-unsaturated/α-hetero) is 1. The van der Waals surface area contributed by atoms with Gasteiger partial charge in [0.1, 0.15) is 0 Å². The van der Waals surface area contributed by atoms with Crippen LogP contribution in [0.5, 0.6) is 0 Å². The number of aromatic carboxylic acids is 1. The van der Waals surface area contributed by atoms with E-state index in [2.05, 4.69) is 5.92 Å². The number of aryl methyl sites for hydroxylation is 1. The lowest BCUT2D eigenvalue weighted by Crippen LogP contribution is -2.09. The van der Waals surface area contributed by atoms with Crippen LogP contribution in [-0.4, -0.2) is 22.6 Å². The van der Waals surface area contributed by atoms with Crippen LogP contribution in [-0.2, 0) is 0 Å². The van der Waals surface area contributed by atoms with Gasteiger partial charge in [-0.05, 0) is 48.7 Å². The average molecular weight is 336 g/mol. The summed E-state index contributed by atoms with van der Waals surface area (Å²) in [6.45, 7) is 3.79. The van der Waals surface area contributed by atoms with E-state index in [1.807, 2.05) is 32.0 Å². The summed E-state index contributed by atoms with van der Waals surface area (Å²) < 4.78 is 0. The number of carboxylic acids is 1. The van der Waals surface area contributed by atoms with Gasteiger partial charge in [-0.3, -0.25) is 4.79 Å². The molecule has 1 heterocycles. The van der Waals surface area contributed by atoms with Crippen molar-refractivity contribution in [2.45, 2.75) is 25.2 Å². The maximum absolute atomic E-state index is 12.2. The third-order valence-electron chi connectivity index (χ3n) is 4.38. The SMILES string of the molecule is C#Cc1c(C(=O)O)cc(C)c(C)c1-c1ccc2c(c1)C(=O)CCS2. The molecule has 0 aromatic heterocycles. The Hall–Kier alpha value is -2.51. The highest BCUT2D eigenvalue weighted by Gasteiger charge is 2.22. The fraction of sp³-hybridized carbons (Fsp3) is 0.200. The lowest BCUT2D eigenvalue weighted by molar-refractivity contribution is 0.0696. The molecule has 0 saturated carbocycles. The summed E-state index contributed by atoms with van der Waals surface area (Å²) in [5.41, 5.74) is 4.49. The Bertz CT molecular complexity index is 919. The van der Waals surface area contributed by atoms with Crippen molar-refractivity contribution in [3.8, 4) is 23.5 Å². The van der Waals surface area contributed by atoms with Crippen molar-refractivity contribution >= 4 is 23.5 Å². The highest BCUT2D eigenvalue weighted by atomic mass is 32.2. The number of hydrogen-bond acceptors (Lipinski definition) is 3. The van der Waals surface area contributed by atoms with Gasteiger partial charge in [-0.25, -0.2) is 4.79 Å².